The van der Waals surface area contributed by atoms with E-state index in [2.05, 4.69) is 4.98 Å². The predicted molar refractivity (Wildman–Crippen MR) is 131 cm³/mol. The first kappa shape index (κ1) is 29.9. The third kappa shape index (κ3) is 5.48. The Morgan fingerprint density at radius 2 is 1.78 bits per heavy atom. The Morgan fingerprint density at radius 3 is 2.37 bits per heavy atom. The highest BCUT2D eigenvalue weighted by molar-refractivity contribution is 6.31. The summed E-state index contributed by atoms with van der Waals surface area (Å²) in [6, 6.07) is 7.92. The highest BCUT2D eigenvalue weighted by Crippen LogP contribution is 2.51. The Morgan fingerprint density at radius 1 is 1.10 bits per heavy atom. The first-order valence-corrected chi connectivity index (χ1v) is 11.9. The number of aromatic carboxylic acids is 1. The van der Waals surface area contributed by atoms with Gasteiger partial charge in [-0.3, -0.25) is 4.79 Å². The van der Waals surface area contributed by atoms with E-state index in [0.29, 0.717) is 6.07 Å². The van der Waals surface area contributed by atoms with Crippen LogP contribution in [0.1, 0.15) is 40.0 Å². The van der Waals surface area contributed by atoms with E-state index in [0.717, 1.165) is 48.2 Å². The Hall–Kier alpha value is -4.04. The van der Waals surface area contributed by atoms with Crippen molar-refractivity contribution in [2.45, 2.75) is 30.8 Å². The second-order valence-electron chi connectivity index (χ2n) is 9.04. The maximum Gasteiger partial charge on any atom is 0.434 e. The first-order chi connectivity index (χ1) is 18.9. The number of nitrogens with zero attached hydrogens (tertiary/aromatic N) is 2. The van der Waals surface area contributed by atoms with Crippen molar-refractivity contribution in [3.05, 3.63) is 75.9 Å². The average Bonchev–Trinajstić information content (AvgIpc) is 2.88. The van der Waals surface area contributed by atoms with Crippen LogP contribution in [0.4, 0.5) is 32.0 Å². The molecular formula is C26H19ClF6N2O6. The van der Waals surface area contributed by atoms with E-state index < -0.39 is 58.4 Å². The van der Waals surface area contributed by atoms with E-state index in [4.69, 9.17) is 26.2 Å². The van der Waals surface area contributed by atoms with E-state index in [1.54, 1.807) is 0 Å². The molecule has 218 valence electrons. The van der Waals surface area contributed by atoms with Gasteiger partial charge in [-0.15, -0.1) is 0 Å². The number of hydrogen-bond acceptors (Lipinski definition) is 6. The monoisotopic (exact) mass is 604 g/mol. The zero-order valence-corrected chi connectivity index (χ0v) is 21.7. The number of benzene rings is 2. The number of hydrogen-bond donors (Lipinski definition) is 2. The summed E-state index contributed by atoms with van der Waals surface area (Å²) in [6.07, 6.45) is -10.3. The van der Waals surface area contributed by atoms with Gasteiger partial charge in [-0.25, -0.2) is 9.78 Å². The van der Waals surface area contributed by atoms with Crippen molar-refractivity contribution >= 4 is 29.2 Å². The molecule has 1 aliphatic heterocycles. The number of likely N-dealkylation sites (N-methyl/N-ethyl adjacent to an activating group) is 1. The van der Waals surface area contributed by atoms with E-state index >= 15 is 0 Å². The van der Waals surface area contributed by atoms with Crippen LogP contribution in [0.15, 0.2) is 48.5 Å². The molecule has 2 aromatic carbocycles. The third-order valence-electron chi connectivity index (χ3n) is 6.57. The number of alkyl halides is 6. The SMILES string of the molecule is C[C@H](c1ccc(Oc2ccc(C(=O)O)c(C(F)(F)F)n2)cc1Cl)[C@@](O)(c1ccc2c(c1)N(C)C(=O)CO2)C(F)(F)F. The van der Waals surface area contributed by atoms with Crippen molar-refractivity contribution in [3.8, 4) is 17.4 Å². The minimum absolute atomic E-state index is 0.0168. The molecule has 0 aliphatic carbocycles. The van der Waals surface area contributed by atoms with E-state index in [9.17, 15) is 41.0 Å². The lowest BCUT2D eigenvalue weighted by atomic mass is 9.77. The van der Waals surface area contributed by atoms with Crippen LogP contribution in [0.25, 0.3) is 0 Å². The fourth-order valence-corrected chi connectivity index (χ4v) is 4.66. The number of carboxylic acid groups (broad SMARTS) is 1. The van der Waals surface area contributed by atoms with Gasteiger partial charge in [0, 0.05) is 24.1 Å². The van der Waals surface area contributed by atoms with Crippen molar-refractivity contribution < 1.29 is 55.6 Å². The summed E-state index contributed by atoms with van der Waals surface area (Å²) in [7, 11) is 1.35. The Labute approximate surface area is 232 Å². The number of pyridine rings is 1. The second-order valence-corrected chi connectivity index (χ2v) is 9.45. The molecule has 0 radical (unpaired) electrons. The molecule has 15 heteroatoms. The van der Waals surface area contributed by atoms with Gasteiger partial charge >= 0.3 is 18.3 Å². The molecular weight excluding hydrogens is 586 g/mol. The molecule has 0 saturated carbocycles. The Bertz CT molecular complexity index is 1530. The smallest absolute Gasteiger partial charge is 0.434 e. The van der Waals surface area contributed by atoms with Crippen LogP contribution in [-0.2, 0) is 16.6 Å². The van der Waals surface area contributed by atoms with Crippen LogP contribution < -0.4 is 14.4 Å². The molecule has 2 heterocycles. The quantitative estimate of drug-likeness (QED) is 0.325. The molecule has 1 aromatic heterocycles. The van der Waals surface area contributed by atoms with Gasteiger partial charge in [0.2, 0.25) is 5.88 Å². The number of anilines is 1. The predicted octanol–water partition coefficient (Wildman–Crippen LogP) is 6.15. The number of carbonyl (C=O) groups is 2. The van der Waals surface area contributed by atoms with E-state index in [1.165, 1.54) is 13.1 Å². The molecule has 2 N–H and O–H groups in total. The van der Waals surface area contributed by atoms with Crippen molar-refractivity contribution in [2.75, 3.05) is 18.6 Å². The maximum atomic E-state index is 14.5. The van der Waals surface area contributed by atoms with Crippen molar-refractivity contribution in [3.63, 3.8) is 0 Å². The number of fused-ring (bicyclic) bond motifs is 1. The van der Waals surface area contributed by atoms with Crippen LogP contribution in [0.3, 0.4) is 0 Å². The minimum atomic E-state index is -5.24. The summed E-state index contributed by atoms with van der Waals surface area (Å²) in [5, 5.41) is 19.8. The zero-order chi connectivity index (χ0) is 30.5. The van der Waals surface area contributed by atoms with Gasteiger partial charge in [0.1, 0.15) is 11.5 Å². The van der Waals surface area contributed by atoms with Gasteiger partial charge in [0.15, 0.2) is 17.9 Å². The van der Waals surface area contributed by atoms with Gasteiger partial charge in [-0.1, -0.05) is 30.7 Å². The Balaban J connectivity index is 1.70. The van der Waals surface area contributed by atoms with Crippen LogP contribution in [-0.4, -0.2) is 46.9 Å². The molecule has 4 rings (SSSR count). The van der Waals surface area contributed by atoms with Crippen LogP contribution in [0.5, 0.6) is 17.4 Å². The Kier molecular flexibility index (Phi) is 7.60. The number of halogens is 7. The molecule has 0 unspecified atom stereocenters. The van der Waals surface area contributed by atoms with Crippen molar-refractivity contribution in [1.29, 1.82) is 0 Å². The molecule has 0 bridgehead atoms. The van der Waals surface area contributed by atoms with Crippen molar-refractivity contribution in [1.82, 2.24) is 4.98 Å². The molecule has 8 nitrogen and oxygen atoms in total. The molecule has 41 heavy (non-hydrogen) atoms. The largest absolute Gasteiger partial charge is 0.482 e. The summed E-state index contributed by atoms with van der Waals surface area (Å²) >= 11 is 6.25. The number of aromatic nitrogens is 1. The van der Waals surface area contributed by atoms with E-state index in [1.807, 2.05) is 0 Å². The number of ether oxygens (including phenoxy) is 2. The van der Waals surface area contributed by atoms with Gasteiger partial charge in [-0.05, 0) is 41.5 Å². The molecule has 0 saturated heterocycles. The molecule has 1 amide bonds. The lowest BCUT2D eigenvalue weighted by Crippen LogP contribution is -2.47. The topological polar surface area (TPSA) is 109 Å². The molecule has 3 aromatic rings. The first-order valence-electron chi connectivity index (χ1n) is 11.6. The maximum absolute atomic E-state index is 14.5. The zero-order valence-electron chi connectivity index (χ0n) is 21.0. The normalized spacial score (nSPS) is 16.0. The summed E-state index contributed by atoms with van der Waals surface area (Å²) in [4.78, 5) is 27.4. The lowest BCUT2D eigenvalue weighted by Gasteiger charge is -2.38. The standard InChI is InChI=1S/C26H19ClF6N2O6/c1-12(24(39,26(31,32)33)13-3-7-19-18(9-13)35(2)21(36)11-40-19)15-5-4-14(10-17(15)27)41-20-8-6-16(23(37)38)22(34-20)25(28,29)30/h3-10,12,39H,11H2,1-2H3,(H,37,38)/t12-,24-/m1/s1. The van der Waals surface area contributed by atoms with Gasteiger partial charge in [0.05, 0.1) is 11.3 Å². The van der Waals surface area contributed by atoms with Crippen molar-refractivity contribution in [2.24, 2.45) is 0 Å². The molecule has 1 aliphatic rings. The summed E-state index contributed by atoms with van der Waals surface area (Å²) in [5.41, 5.74) is -7.10. The highest BCUT2D eigenvalue weighted by Gasteiger charge is 2.59. The molecule has 0 spiro atoms. The van der Waals surface area contributed by atoms with Crippen LogP contribution >= 0.6 is 11.6 Å². The molecule has 0 fully saturated rings. The van der Waals surface area contributed by atoms with Gasteiger partial charge < -0.3 is 24.6 Å². The highest BCUT2D eigenvalue weighted by atomic mass is 35.5. The van der Waals surface area contributed by atoms with Gasteiger partial charge in [-0.2, -0.15) is 26.3 Å². The fraction of sp³-hybridized carbons (Fsp3) is 0.269. The van der Waals surface area contributed by atoms with E-state index in [-0.39, 0.29) is 34.4 Å². The number of aliphatic hydroxyl groups is 1. The summed E-state index contributed by atoms with van der Waals surface area (Å²) < 4.78 is 93.8. The summed E-state index contributed by atoms with van der Waals surface area (Å²) in [6.45, 7) is 0.769. The second kappa shape index (κ2) is 10.4. The number of rotatable bonds is 6. The van der Waals surface area contributed by atoms with Crippen LogP contribution in [0, 0.1) is 0 Å². The number of carbonyl (C=O) groups excluding carboxylic acids is 1. The third-order valence-corrected chi connectivity index (χ3v) is 6.90. The number of amides is 1. The van der Waals surface area contributed by atoms with Gasteiger partial charge in [0.25, 0.3) is 5.91 Å². The minimum Gasteiger partial charge on any atom is -0.482 e. The lowest BCUT2D eigenvalue weighted by molar-refractivity contribution is -0.274. The molecule has 2 atom stereocenters. The summed E-state index contributed by atoms with van der Waals surface area (Å²) in [5.74, 6) is -4.84. The number of carboxylic acids is 1. The average molecular weight is 605 g/mol. The van der Waals surface area contributed by atoms with Crippen LogP contribution in [0.2, 0.25) is 5.02 Å². The fourth-order valence-electron chi connectivity index (χ4n) is 4.32.